The maximum Gasteiger partial charge on any atom is 0.263 e. The first kappa shape index (κ1) is 25.2. The van der Waals surface area contributed by atoms with Crippen molar-refractivity contribution >= 4 is 45.0 Å². The minimum absolute atomic E-state index is 0.00309. The summed E-state index contributed by atoms with van der Waals surface area (Å²) in [7, 11) is 0. The van der Waals surface area contributed by atoms with Crippen molar-refractivity contribution < 1.29 is 9.59 Å². The van der Waals surface area contributed by atoms with Gasteiger partial charge in [0.25, 0.3) is 5.56 Å². The maximum atomic E-state index is 13.3. The molecular weight excluding hydrogens is 454 g/mol. The zero-order valence-corrected chi connectivity index (χ0v) is 21.5. The zero-order chi connectivity index (χ0) is 24.1. The molecule has 0 aliphatic carbocycles. The first-order chi connectivity index (χ1) is 15.7. The van der Waals surface area contributed by atoms with Gasteiger partial charge in [-0.3, -0.25) is 19.0 Å². The van der Waals surface area contributed by atoms with Crippen molar-refractivity contribution in [1.29, 1.82) is 0 Å². The molecule has 3 aromatic rings. The molecule has 6 nitrogen and oxygen atoms in total. The standard InChI is InChI=1S/C25H31N3O3S2/c1-6-7-14-28-24(31)21-15(2)16(3)32-23(21)27-25(28)33-17(4)22(30)20-10-8-19(9-11-20)12-13-26-18(5)29/h8-11,17H,6-7,12-14H2,1-5H3,(H,26,29). The molecule has 1 unspecified atom stereocenters. The van der Waals surface area contributed by atoms with Gasteiger partial charge in [-0.15, -0.1) is 11.3 Å². The number of hydrogen-bond donors (Lipinski definition) is 1. The van der Waals surface area contributed by atoms with Gasteiger partial charge in [-0.2, -0.15) is 0 Å². The van der Waals surface area contributed by atoms with E-state index in [2.05, 4.69) is 12.2 Å². The summed E-state index contributed by atoms with van der Waals surface area (Å²) in [6, 6.07) is 7.50. The van der Waals surface area contributed by atoms with Crippen molar-refractivity contribution in [1.82, 2.24) is 14.9 Å². The third-order valence-electron chi connectivity index (χ3n) is 5.67. The second-order valence-corrected chi connectivity index (χ2v) is 10.7. The van der Waals surface area contributed by atoms with E-state index in [4.69, 9.17) is 4.98 Å². The molecule has 1 atom stereocenters. The lowest BCUT2D eigenvalue weighted by Crippen LogP contribution is -2.25. The number of carbonyl (C=O) groups excluding carboxylic acids is 2. The molecule has 0 saturated heterocycles. The highest BCUT2D eigenvalue weighted by Crippen LogP contribution is 2.30. The summed E-state index contributed by atoms with van der Waals surface area (Å²) in [5, 5.41) is 3.70. The molecule has 0 fully saturated rings. The van der Waals surface area contributed by atoms with Gasteiger partial charge in [-0.05, 0) is 44.7 Å². The Balaban J connectivity index is 1.81. The largest absolute Gasteiger partial charge is 0.356 e. The summed E-state index contributed by atoms with van der Waals surface area (Å²) in [6.07, 6.45) is 2.57. The number of thiophene rings is 1. The van der Waals surface area contributed by atoms with Crippen LogP contribution in [0, 0.1) is 13.8 Å². The predicted octanol–water partition coefficient (Wildman–Crippen LogP) is 4.92. The van der Waals surface area contributed by atoms with E-state index in [1.807, 2.05) is 45.0 Å². The van der Waals surface area contributed by atoms with Gasteiger partial charge in [0.05, 0.1) is 10.6 Å². The number of ketones is 1. The van der Waals surface area contributed by atoms with Crippen LogP contribution in [0.5, 0.6) is 0 Å². The Morgan fingerprint density at radius 2 is 1.91 bits per heavy atom. The smallest absolute Gasteiger partial charge is 0.263 e. The van der Waals surface area contributed by atoms with E-state index in [9.17, 15) is 14.4 Å². The highest BCUT2D eigenvalue weighted by atomic mass is 32.2. The van der Waals surface area contributed by atoms with E-state index in [1.165, 1.54) is 30.0 Å². The fraction of sp³-hybridized carbons (Fsp3) is 0.440. The van der Waals surface area contributed by atoms with Crippen molar-refractivity contribution in [3.8, 4) is 0 Å². The molecule has 2 aromatic heterocycles. The number of hydrogen-bond acceptors (Lipinski definition) is 6. The lowest BCUT2D eigenvalue weighted by molar-refractivity contribution is -0.118. The van der Waals surface area contributed by atoms with Crippen molar-refractivity contribution in [2.24, 2.45) is 0 Å². The molecule has 0 radical (unpaired) electrons. The van der Waals surface area contributed by atoms with Crippen LogP contribution in [0.3, 0.4) is 0 Å². The maximum absolute atomic E-state index is 13.3. The number of nitrogens with zero attached hydrogens (tertiary/aromatic N) is 2. The van der Waals surface area contributed by atoms with E-state index in [0.717, 1.165) is 33.7 Å². The number of benzene rings is 1. The van der Waals surface area contributed by atoms with Crippen LogP contribution in [0.15, 0.2) is 34.2 Å². The van der Waals surface area contributed by atoms with Gasteiger partial charge in [-0.25, -0.2) is 4.98 Å². The van der Waals surface area contributed by atoms with Crippen LogP contribution >= 0.6 is 23.1 Å². The molecule has 176 valence electrons. The van der Waals surface area contributed by atoms with Crippen molar-refractivity contribution in [2.45, 2.75) is 70.8 Å². The van der Waals surface area contributed by atoms with Crippen LogP contribution in [-0.2, 0) is 17.8 Å². The summed E-state index contributed by atoms with van der Waals surface area (Å²) in [5.74, 6) is -0.0481. The van der Waals surface area contributed by atoms with Gasteiger partial charge < -0.3 is 5.32 Å². The average molecular weight is 486 g/mol. The minimum atomic E-state index is -0.380. The number of unbranched alkanes of at least 4 members (excludes halogenated alkanes) is 1. The minimum Gasteiger partial charge on any atom is -0.356 e. The average Bonchev–Trinajstić information content (AvgIpc) is 3.06. The molecule has 0 bridgehead atoms. The molecule has 0 spiro atoms. The molecule has 1 N–H and O–H groups in total. The topological polar surface area (TPSA) is 81.1 Å². The van der Waals surface area contributed by atoms with Crippen LogP contribution in [0.1, 0.15) is 60.0 Å². The molecule has 1 aromatic carbocycles. The molecule has 3 rings (SSSR count). The van der Waals surface area contributed by atoms with Crippen LogP contribution in [0.2, 0.25) is 0 Å². The summed E-state index contributed by atoms with van der Waals surface area (Å²) in [6.45, 7) is 10.6. The summed E-state index contributed by atoms with van der Waals surface area (Å²) in [4.78, 5) is 44.0. The van der Waals surface area contributed by atoms with Gasteiger partial charge in [0, 0.05) is 30.5 Å². The molecule has 33 heavy (non-hydrogen) atoms. The quantitative estimate of drug-likeness (QED) is 0.251. The van der Waals surface area contributed by atoms with Gasteiger partial charge in [-0.1, -0.05) is 49.4 Å². The Morgan fingerprint density at radius 1 is 1.21 bits per heavy atom. The number of carbonyl (C=O) groups is 2. The highest BCUT2D eigenvalue weighted by Gasteiger charge is 2.22. The van der Waals surface area contributed by atoms with Gasteiger partial charge >= 0.3 is 0 Å². The second kappa shape index (κ2) is 11.1. The Bertz CT molecular complexity index is 1210. The third-order valence-corrected chi connectivity index (χ3v) is 7.86. The van der Waals surface area contributed by atoms with E-state index in [-0.39, 0.29) is 22.5 Å². The van der Waals surface area contributed by atoms with E-state index >= 15 is 0 Å². The highest BCUT2D eigenvalue weighted by molar-refractivity contribution is 8.00. The Morgan fingerprint density at radius 3 is 2.55 bits per heavy atom. The van der Waals surface area contributed by atoms with Crippen LogP contribution < -0.4 is 10.9 Å². The van der Waals surface area contributed by atoms with Gasteiger partial charge in [0.2, 0.25) is 5.91 Å². The number of thioether (sulfide) groups is 1. The van der Waals surface area contributed by atoms with Crippen LogP contribution in [0.25, 0.3) is 10.2 Å². The fourth-order valence-electron chi connectivity index (χ4n) is 3.58. The number of aromatic nitrogens is 2. The lowest BCUT2D eigenvalue weighted by atomic mass is 10.0. The number of amides is 1. The Labute approximate surface area is 202 Å². The summed E-state index contributed by atoms with van der Waals surface area (Å²) >= 11 is 2.88. The molecule has 0 aliphatic heterocycles. The third kappa shape index (κ3) is 5.92. The molecule has 0 aliphatic rings. The monoisotopic (exact) mass is 485 g/mol. The van der Waals surface area contributed by atoms with Crippen LogP contribution in [-0.4, -0.2) is 33.0 Å². The Hall–Kier alpha value is -2.45. The second-order valence-electron chi connectivity index (χ2n) is 8.22. The molecule has 1 amide bonds. The number of Topliss-reactive ketones (excluding diaryl/α,β-unsaturated/α-hetero) is 1. The number of nitrogens with one attached hydrogen (secondary N) is 1. The van der Waals surface area contributed by atoms with Crippen molar-refractivity contribution in [3.05, 3.63) is 56.2 Å². The zero-order valence-electron chi connectivity index (χ0n) is 19.9. The SMILES string of the molecule is CCCCn1c(SC(C)C(=O)c2ccc(CCNC(C)=O)cc2)nc2sc(C)c(C)c2c1=O. The van der Waals surface area contributed by atoms with Crippen molar-refractivity contribution in [2.75, 3.05) is 6.54 Å². The molecule has 8 heteroatoms. The summed E-state index contributed by atoms with van der Waals surface area (Å²) < 4.78 is 1.74. The lowest BCUT2D eigenvalue weighted by Gasteiger charge is -2.15. The molecular formula is C25H31N3O3S2. The molecule has 2 heterocycles. The Kier molecular flexibility index (Phi) is 8.48. The predicted molar refractivity (Wildman–Crippen MR) is 137 cm³/mol. The molecule has 0 saturated carbocycles. The van der Waals surface area contributed by atoms with E-state index < -0.39 is 0 Å². The number of rotatable bonds is 10. The normalized spacial score (nSPS) is 12.2. The van der Waals surface area contributed by atoms with E-state index in [0.29, 0.717) is 35.6 Å². The fourth-order valence-corrected chi connectivity index (χ4v) is 5.66. The van der Waals surface area contributed by atoms with Crippen LogP contribution in [0.4, 0.5) is 0 Å². The van der Waals surface area contributed by atoms with Gasteiger partial charge in [0.1, 0.15) is 4.83 Å². The van der Waals surface area contributed by atoms with E-state index in [1.54, 1.807) is 4.57 Å². The first-order valence-electron chi connectivity index (χ1n) is 11.3. The number of aryl methyl sites for hydroxylation is 2. The van der Waals surface area contributed by atoms with Crippen molar-refractivity contribution in [3.63, 3.8) is 0 Å². The summed E-state index contributed by atoms with van der Waals surface area (Å²) in [5.41, 5.74) is 2.67. The number of fused-ring (bicyclic) bond motifs is 1. The van der Waals surface area contributed by atoms with Gasteiger partial charge in [0.15, 0.2) is 10.9 Å². The first-order valence-corrected chi connectivity index (χ1v) is 13.0.